The molecule has 0 radical (unpaired) electrons. The Kier molecular flexibility index (Phi) is 6.11. The molecular weight excluding hydrogens is 236 g/mol. The summed E-state index contributed by atoms with van der Waals surface area (Å²) in [5, 5.41) is 3.71. The van der Waals surface area contributed by atoms with E-state index >= 15 is 0 Å². The topological polar surface area (TPSA) is 24.5 Å². The van der Waals surface area contributed by atoms with Crippen LogP contribution in [0.1, 0.15) is 52.9 Å². The maximum atomic E-state index is 5.94. The number of nitrogens with one attached hydrogen (secondary N) is 1. The first-order chi connectivity index (χ1) is 9.19. The van der Waals surface area contributed by atoms with Gasteiger partial charge < -0.3 is 10.1 Å². The van der Waals surface area contributed by atoms with E-state index in [1.165, 1.54) is 38.6 Å². The molecule has 2 heterocycles. The Morgan fingerprint density at radius 2 is 2.16 bits per heavy atom. The molecule has 0 spiro atoms. The van der Waals surface area contributed by atoms with Crippen LogP contribution in [-0.2, 0) is 4.74 Å². The third-order valence-electron chi connectivity index (χ3n) is 4.56. The van der Waals surface area contributed by atoms with Crippen LogP contribution in [0, 0.1) is 5.92 Å². The van der Waals surface area contributed by atoms with Crippen molar-refractivity contribution in [2.24, 2.45) is 5.92 Å². The Balaban J connectivity index is 1.89. The molecule has 3 nitrogen and oxygen atoms in total. The fourth-order valence-electron chi connectivity index (χ4n) is 3.42. The summed E-state index contributed by atoms with van der Waals surface area (Å²) in [5.74, 6) is 0.778. The molecule has 0 aromatic heterocycles. The number of rotatable bonds is 5. The Bertz CT molecular complexity index is 251. The molecule has 0 aromatic rings. The second-order valence-corrected chi connectivity index (χ2v) is 6.74. The monoisotopic (exact) mass is 268 g/mol. The van der Waals surface area contributed by atoms with Gasteiger partial charge in [-0.2, -0.15) is 0 Å². The van der Waals surface area contributed by atoms with E-state index in [-0.39, 0.29) is 0 Å². The quantitative estimate of drug-likeness (QED) is 0.829. The van der Waals surface area contributed by atoms with Gasteiger partial charge in [0.25, 0.3) is 0 Å². The normalized spacial score (nSPS) is 33.8. The molecule has 2 aliphatic heterocycles. The average molecular weight is 268 g/mol. The Morgan fingerprint density at radius 3 is 2.79 bits per heavy atom. The Hall–Kier alpha value is -0.120. The van der Waals surface area contributed by atoms with Crippen molar-refractivity contribution in [3.8, 4) is 0 Å². The van der Waals surface area contributed by atoms with Gasteiger partial charge in [0, 0.05) is 38.3 Å². The second kappa shape index (κ2) is 7.61. The number of nitrogens with zero attached hydrogens (tertiary/aromatic N) is 1. The highest BCUT2D eigenvalue weighted by atomic mass is 16.5. The third kappa shape index (κ3) is 4.73. The fraction of sp³-hybridized carbons (Fsp3) is 1.00. The van der Waals surface area contributed by atoms with Gasteiger partial charge in [0.15, 0.2) is 0 Å². The highest BCUT2D eigenvalue weighted by molar-refractivity contribution is 4.87. The van der Waals surface area contributed by atoms with E-state index in [4.69, 9.17) is 4.74 Å². The molecule has 2 fully saturated rings. The van der Waals surface area contributed by atoms with Gasteiger partial charge in [-0.3, -0.25) is 4.90 Å². The zero-order chi connectivity index (χ0) is 13.7. The van der Waals surface area contributed by atoms with Gasteiger partial charge in [0.05, 0.1) is 6.10 Å². The van der Waals surface area contributed by atoms with Gasteiger partial charge in [-0.15, -0.1) is 0 Å². The summed E-state index contributed by atoms with van der Waals surface area (Å²) in [4.78, 5) is 2.71. The minimum Gasteiger partial charge on any atom is -0.377 e. The fourth-order valence-corrected chi connectivity index (χ4v) is 3.42. The average Bonchev–Trinajstić information content (AvgIpc) is 2.41. The lowest BCUT2D eigenvalue weighted by Gasteiger charge is -2.43. The van der Waals surface area contributed by atoms with Crippen LogP contribution in [0.15, 0.2) is 0 Å². The summed E-state index contributed by atoms with van der Waals surface area (Å²) in [6, 6.07) is 1.38. The van der Waals surface area contributed by atoms with Crippen molar-refractivity contribution in [2.45, 2.75) is 71.1 Å². The first-order valence-electron chi connectivity index (χ1n) is 8.28. The van der Waals surface area contributed by atoms with E-state index in [9.17, 15) is 0 Å². The lowest BCUT2D eigenvalue weighted by atomic mass is 9.97. The summed E-state index contributed by atoms with van der Waals surface area (Å²) < 4.78 is 5.94. The van der Waals surface area contributed by atoms with Gasteiger partial charge in [0.1, 0.15) is 0 Å². The molecule has 0 saturated carbocycles. The van der Waals surface area contributed by atoms with E-state index in [0.717, 1.165) is 25.6 Å². The maximum absolute atomic E-state index is 5.94. The first kappa shape index (κ1) is 15.3. The second-order valence-electron chi connectivity index (χ2n) is 6.74. The van der Waals surface area contributed by atoms with Gasteiger partial charge in [-0.1, -0.05) is 20.8 Å². The highest BCUT2D eigenvalue weighted by Gasteiger charge is 2.29. The zero-order valence-corrected chi connectivity index (χ0v) is 13.0. The van der Waals surface area contributed by atoms with Crippen molar-refractivity contribution < 1.29 is 4.74 Å². The summed E-state index contributed by atoms with van der Waals surface area (Å²) in [5.41, 5.74) is 0. The van der Waals surface area contributed by atoms with E-state index in [0.29, 0.717) is 18.2 Å². The molecule has 19 heavy (non-hydrogen) atoms. The van der Waals surface area contributed by atoms with Crippen molar-refractivity contribution in [3.63, 3.8) is 0 Å². The van der Waals surface area contributed by atoms with Crippen LogP contribution >= 0.6 is 0 Å². The minimum atomic E-state index is 0.485. The standard InChI is InChI=1S/C16H32N2O/c1-4-14-11-18(12-16-7-5-6-8-19-16)15(10-17-14)9-13(2)3/h13-17H,4-12H2,1-3H3. The van der Waals surface area contributed by atoms with Gasteiger partial charge in [-0.05, 0) is 38.0 Å². The molecular formula is C16H32N2O. The van der Waals surface area contributed by atoms with Crippen molar-refractivity contribution in [1.82, 2.24) is 10.2 Å². The van der Waals surface area contributed by atoms with Gasteiger partial charge >= 0.3 is 0 Å². The van der Waals surface area contributed by atoms with Crippen molar-refractivity contribution in [1.29, 1.82) is 0 Å². The smallest absolute Gasteiger partial charge is 0.0702 e. The lowest BCUT2D eigenvalue weighted by Crippen LogP contribution is -2.58. The largest absolute Gasteiger partial charge is 0.377 e. The summed E-state index contributed by atoms with van der Waals surface area (Å²) in [6.45, 7) is 11.4. The number of hydrogen-bond acceptors (Lipinski definition) is 3. The molecule has 0 aliphatic carbocycles. The maximum Gasteiger partial charge on any atom is 0.0702 e. The van der Waals surface area contributed by atoms with E-state index in [1.54, 1.807) is 0 Å². The third-order valence-corrected chi connectivity index (χ3v) is 4.56. The predicted molar refractivity (Wildman–Crippen MR) is 80.5 cm³/mol. The number of ether oxygens (including phenoxy) is 1. The number of piperazine rings is 1. The van der Waals surface area contributed by atoms with Crippen LogP contribution in [-0.4, -0.2) is 49.3 Å². The summed E-state index contributed by atoms with van der Waals surface area (Å²) in [6.07, 6.45) is 6.88. The predicted octanol–water partition coefficient (Wildman–Crippen LogP) is 2.65. The van der Waals surface area contributed by atoms with Crippen LogP contribution in [0.2, 0.25) is 0 Å². The van der Waals surface area contributed by atoms with Crippen LogP contribution in [0.3, 0.4) is 0 Å². The van der Waals surface area contributed by atoms with Crippen molar-refractivity contribution in [3.05, 3.63) is 0 Å². The van der Waals surface area contributed by atoms with Gasteiger partial charge in [-0.25, -0.2) is 0 Å². The lowest BCUT2D eigenvalue weighted by molar-refractivity contribution is -0.0236. The van der Waals surface area contributed by atoms with E-state index < -0.39 is 0 Å². The molecule has 2 rings (SSSR count). The molecule has 3 heteroatoms. The van der Waals surface area contributed by atoms with Gasteiger partial charge in [0.2, 0.25) is 0 Å². The summed E-state index contributed by atoms with van der Waals surface area (Å²) >= 11 is 0. The molecule has 2 saturated heterocycles. The van der Waals surface area contributed by atoms with Crippen LogP contribution in [0.25, 0.3) is 0 Å². The van der Waals surface area contributed by atoms with Crippen molar-refractivity contribution in [2.75, 3.05) is 26.2 Å². The highest BCUT2D eigenvalue weighted by Crippen LogP contribution is 2.20. The molecule has 0 bridgehead atoms. The van der Waals surface area contributed by atoms with E-state index in [2.05, 4.69) is 31.0 Å². The van der Waals surface area contributed by atoms with Crippen molar-refractivity contribution >= 4 is 0 Å². The Labute approximate surface area is 119 Å². The summed E-state index contributed by atoms with van der Waals surface area (Å²) in [7, 11) is 0. The van der Waals surface area contributed by atoms with Crippen LogP contribution in [0.5, 0.6) is 0 Å². The first-order valence-corrected chi connectivity index (χ1v) is 8.28. The number of hydrogen-bond donors (Lipinski definition) is 1. The molecule has 3 atom stereocenters. The van der Waals surface area contributed by atoms with Crippen LogP contribution < -0.4 is 5.32 Å². The molecule has 1 N–H and O–H groups in total. The Morgan fingerprint density at radius 1 is 1.32 bits per heavy atom. The molecule has 112 valence electrons. The molecule has 3 unspecified atom stereocenters. The molecule has 0 aromatic carbocycles. The molecule has 2 aliphatic rings. The molecule has 0 amide bonds. The zero-order valence-electron chi connectivity index (χ0n) is 13.0. The minimum absolute atomic E-state index is 0.485. The van der Waals surface area contributed by atoms with E-state index in [1.807, 2.05) is 0 Å². The SMILES string of the molecule is CCC1CN(CC2CCCCO2)C(CC(C)C)CN1. The van der Waals surface area contributed by atoms with Crippen LogP contribution in [0.4, 0.5) is 0 Å².